The average molecular weight is 369 g/mol. The zero-order valence-corrected chi connectivity index (χ0v) is 15.1. The Labute approximate surface area is 155 Å². The minimum Gasteiger partial charge on any atom is -0.508 e. The van der Waals surface area contributed by atoms with Crippen molar-refractivity contribution in [3.05, 3.63) is 48.8 Å². The van der Waals surface area contributed by atoms with Gasteiger partial charge in [-0.2, -0.15) is 0 Å². The Balaban J connectivity index is 1.69. The summed E-state index contributed by atoms with van der Waals surface area (Å²) in [6.45, 7) is 2.84. The summed E-state index contributed by atoms with van der Waals surface area (Å²) in [5, 5.41) is 21.4. The largest absolute Gasteiger partial charge is 0.508 e. The van der Waals surface area contributed by atoms with Crippen LogP contribution in [0.2, 0.25) is 0 Å². The van der Waals surface area contributed by atoms with Crippen molar-refractivity contribution in [3.63, 3.8) is 0 Å². The Morgan fingerprint density at radius 2 is 2.15 bits per heavy atom. The van der Waals surface area contributed by atoms with Gasteiger partial charge in [0.1, 0.15) is 5.75 Å². The van der Waals surface area contributed by atoms with Crippen molar-refractivity contribution in [1.29, 1.82) is 0 Å². The van der Waals surface area contributed by atoms with Crippen molar-refractivity contribution >= 4 is 23.4 Å². The predicted octanol–water partition coefficient (Wildman–Crippen LogP) is 3.19. The number of thioether (sulfide) groups is 1. The lowest BCUT2D eigenvalue weighted by atomic mass is 10.2. The van der Waals surface area contributed by atoms with E-state index in [1.54, 1.807) is 30.6 Å². The molecule has 0 aliphatic rings. The Kier molecular flexibility index (Phi) is 5.85. The minimum absolute atomic E-state index is 0.110. The van der Waals surface area contributed by atoms with E-state index in [0.29, 0.717) is 10.8 Å². The fraction of sp³-hybridized carbons (Fsp3) is 0.222. The molecule has 0 aliphatic carbocycles. The number of aromatic hydroxyl groups is 1. The number of benzene rings is 1. The third-order valence-corrected chi connectivity index (χ3v) is 4.51. The molecule has 2 heterocycles. The lowest BCUT2D eigenvalue weighted by Gasteiger charge is -2.09. The van der Waals surface area contributed by atoms with E-state index in [2.05, 4.69) is 27.4 Å². The first kappa shape index (κ1) is 17.9. The highest BCUT2D eigenvalue weighted by Crippen LogP contribution is 2.24. The number of aromatic nitrogens is 4. The zero-order chi connectivity index (χ0) is 18.4. The lowest BCUT2D eigenvalue weighted by Crippen LogP contribution is -2.14. The number of nitrogens with zero attached hydrogens (tertiary/aromatic N) is 4. The lowest BCUT2D eigenvalue weighted by molar-refractivity contribution is -0.113. The summed E-state index contributed by atoms with van der Waals surface area (Å²) in [6.07, 6.45) is 4.39. The van der Waals surface area contributed by atoms with Gasteiger partial charge in [-0.25, -0.2) is 0 Å². The normalized spacial score (nSPS) is 10.7. The molecule has 2 aromatic heterocycles. The van der Waals surface area contributed by atoms with Gasteiger partial charge >= 0.3 is 0 Å². The summed E-state index contributed by atoms with van der Waals surface area (Å²) < 4.78 is 2.00. The highest BCUT2D eigenvalue weighted by Gasteiger charge is 2.15. The fourth-order valence-corrected chi connectivity index (χ4v) is 3.20. The molecule has 7 nitrogen and oxygen atoms in total. The molecule has 134 valence electrons. The van der Waals surface area contributed by atoms with Crippen molar-refractivity contribution in [2.45, 2.75) is 25.0 Å². The zero-order valence-electron chi connectivity index (χ0n) is 14.3. The summed E-state index contributed by atoms with van der Waals surface area (Å²) in [7, 11) is 0. The van der Waals surface area contributed by atoms with Crippen LogP contribution in [0.25, 0.3) is 11.4 Å². The first-order valence-electron chi connectivity index (χ1n) is 8.22. The van der Waals surface area contributed by atoms with Crippen LogP contribution < -0.4 is 5.32 Å². The molecule has 0 saturated carbocycles. The molecule has 3 aromatic rings. The van der Waals surface area contributed by atoms with Crippen molar-refractivity contribution in [3.8, 4) is 17.1 Å². The van der Waals surface area contributed by atoms with E-state index in [-0.39, 0.29) is 17.4 Å². The molecule has 8 heteroatoms. The van der Waals surface area contributed by atoms with Crippen molar-refractivity contribution < 1.29 is 9.90 Å². The van der Waals surface area contributed by atoms with Crippen LogP contribution >= 0.6 is 11.8 Å². The summed E-state index contributed by atoms with van der Waals surface area (Å²) in [6, 6.07) is 10.3. The Hall–Kier alpha value is -2.87. The van der Waals surface area contributed by atoms with Gasteiger partial charge in [0.15, 0.2) is 11.0 Å². The standard InChI is InChI=1S/C18H19N5O2S/c1-2-9-23-17(13-5-4-8-19-11-13)21-22-18(23)26-12-16(25)20-14-6-3-7-15(24)10-14/h3-8,10-11,24H,2,9,12H2,1H3,(H,20,25). The molecular weight excluding hydrogens is 350 g/mol. The van der Waals surface area contributed by atoms with Crippen LogP contribution in [0.3, 0.4) is 0 Å². The topological polar surface area (TPSA) is 92.9 Å². The van der Waals surface area contributed by atoms with E-state index >= 15 is 0 Å². The van der Waals surface area contributed by atoms with Gasteiger partial charge in [-0.1, -0.05) is 24.8 Å². The number of hydrogen-bond donors (Lipinski definition) is 2. The molecule has 0 bridgehead atoms. The van der Waals surface area contributed by atoms with Crippen molar-refractivity contribution in [2.24, 2.45) is 0 Å². The molecule has 0 aliphatic heterocycles. The van der Waals surface area contributed by atoms with E-state index < -0.39 is 0 Å². The van der Waals surface area contributed by atoms with Crippen molar-refractivity contribution in [1.82, 2.24) is 19.7 Å². The van der Waals surface area contributed by atoms with Gasteiger partial charge in [0.25, 0.3) is 0 Å². The monoisotopic (exact) mass is 369 g/mol. The van der Waals surface area contributed by atoms with Gasteiger partial charge in [0, 0.05) is 36.3 Å². The van der Waals surface area contributed by atoms with Crippen LogP contribution in [-0.2, 0) is 11.3 Å². The summed E-state index contributed by atoms with van der Waals surface area (Å²) in [5.74, 6) is 0.884. The number of hydrogen-bond acceptors (Lipinski definition) is 6. The molecule has 0 radical (unpaired) electrons. The highest BCUT2D eigenvalue weighted by atomic mass is 32.2. The molecule has 2 N–H and O–H groups in total. The van der Waals surface area contributed by atoms with E-state index in [9.17, 15) is 9.90 Å². The first-order chi connectivity index (χ1) is 12.7. The van der Waals surface area contributed by atoms with Gasteiger partial charge in [0.05, 0.1) is 5.75 Å². The molecule has 1 amide bonds. The molecule has 0 saturated heterocycles. The maximum absolute atomic E-state index is 12.2. The van der Waals surface area contributed by atoms with Crippen LogP contribution in [0.15, 0.2) is 53.9 Å². The molecule has 0 atom stereocenters. The predicted molar refractivity (Wildman–Crippen MR) is 101 cm³/mol. The van der Waals surface area contributed by atoms with Crippen LogP contribution in [0.5, 0.6) is 5.75 Å². The number of amides is 1. The minimum atomic E-state index is -0.172. The van der Waals surface area contributed by atoms with Crippen LogP contribution in [0.4, 0.5) is 5.69 Å². The number of phenolic OH excluding ortho intramolecular Hbond substituents is 1. The number of pyridine rings is 1. The van der Waals surface area contributed by atoms with E-state index in [1.165, 1.54) is 17.8 Å². The van der Waals surface area contributed by atoms with Gasteiger partial charge in [-0.3, -0.25) is 9.78 Å². The van der Waals surface area contributed by atoms with Crippen molar-refractivity contribution in [2.75, 3.05) is 11.1 Å². The van der Waals surface area contributed by atoms with Crippen LogP contribution in [0.1, 0.15) is 13.3 Å². The number of anilines is 1. The average Bonchev–Trinajstić information content (AvgIpc) is 3.04. The molecular formula is C18H19N5O2S. The second-order valence-corrected chi connectivity index (χ2v) is 6.53. The number of rotatable bonds is 7. The fourth-order valence-electron chi connectivity index (χ4n) is 2.44. The second kappa shape index (κ2) is 8.48. The summed E-state index contributed by atoms with van der Waals surface area (Å²) in [4.78, 5) is 16.3. The molecule has 1 aromatic carbocycles. The Morgan fingerprint density at radius 1 is 1.27 bits per heavy atom. The molecule has 0 fully saturated rings. The smallest absolute Gasteiger partial charge is 0.234 e. The quantitative estimate of drug-likeness (QED) is 0.621. The Morgan fingerprint density at radius 3 is 2.88 bits per heavy atom. The third kappa shape index (κ3) is 4.40. The summed E-state index contributed by atoms with van der Waals surface area (Å²) in [5.41, 5.74) is 1.45. The van der Waals surface area contributed by atoms with Gasteiger partial charge in [0.2, 0.25) is 5.91 Å². The number of carbonyl (C=O) groups is 1. The van der Waals surface area contributed by atoms with E-state index in [1.807, 2.05) is 16.7 Å². The van der Waals surface area contributed by atoms with Crippen LogP contribution in [0, 0.1) is 0 Å². The number of nitrogens with one attached hydrogen (secondary N) is 1. The van der Waals surface area contributed by atoms with Gasteiger partial charge in [-0.05, 0) is 30.7 Å². The van der Waals surface area contributed by atoms with E-state index in [0.717, 1.165) is 24.4 Å². The second-order valence-electron chi connectivity index (χ2n) is 5.59. The highest BCUT2D eigenvalue weighted by molar-refractivity contribution is 7.99. The maximum Gasteiger partial charge on any atom is 0.234 e. The first-order valence-corrected chi connectivity index (χ1v) is 9.21. The van der Waals surface area contributed by atoms with Gasteiger partial charge < -0.3 is 15.0 Å². The number of carbonyl (C=O) groups excluding carboxylic acids is 1. The summed E-state index contributed by atoms with van der Waals surface area (Å²) >= 11 is 1.33. The van der Waals surface area contributed by atoms with E-state index in [4.69, 9.17) is 0 Å². The Bertz CT molecular complexity index is 882. The number of phenols is 1. The molecule has 26 heavy (non-hydrogen) atoms. The maximum atomic E-state index is 12.2. The third-order valence-electron chi connectivity index (χ3n) is 3.55. The van der Waals surface area contributed by atoms with Crippen LogP contribution in [-0.4, -0.2) is 36.5 Å². The molecule has 3 rings (SSSR count). The van der Waals surface area contributed by atoms with Gasteiger partial charge in [-0.15, -0.1) is 10.2 Å². The SMILES string of the molecule is CCCn1c(SCC(=O)Nc2cccc(O)c2)nnc1-c1cccnc1. The molecule has 0 unspecified atom stereocenters. The molecule has 0 spiro atoms.